The van der Waals surface area contributed by atoms with Crippen LogP contribution < -0.4 is 5.73 Å². The molecule has 0 atom stereocenters. The Morgan fingerprint density at radius 1 is 1.14 bits per heavy atom. The lowest BCUT2D eigenvalue weighted by molar-refractivity contribution is 0.756. The van der Waals surface area contributed by atoms with E-state index in [4.69, 9.17) is 10.7 Å². The predicted molar refractivity (Wildman–Crippen MR) is 91.4 cm³/mol. The highest BCUT2D eigenvalue weighted by atomic mass is 32.2. The smallest absolute Gasteiger partial charge is 0.117 e. The van der Waals surface area contributed by atoms with Gasteiger partial charge in [0.15, 0.2) is 0 Å². The van der Waals surface area contributed by atoms with Gasteiger partial charge in [-0.2, -0.15) is 0 Å². The maximum atomic E-state index is 5.90. The van der Waals surface area contributed by atoms with E-state index in [9.17, 15) is 0 Å². The van der Waals surface area contributed by atoms with Crippen molar-refractivity contribution < 1.29 is 0 Å². The zero-order chi connectivity index (χ0) is 15.0. The second-order valence-electron chi connectivity index (χ2n) is 5.38. The molecule has 2 N–H and O–H groups in total. The van der Waals surface area contributed by atoms with Crippen LogP contribution in [-0.2, 0) is 0 Å². The van der Waals surface area contributed by atoms with Gasteiger partial charge in [-0.15, -0.1) is 11.8 Å². The number of thioether (sulfide) groups is 1. The van der Waals surface area contributed by atoms with Crippen LogP contribution in [0, 0.1) is 0 Å². The summed E-state index contributed by atoms with van der Waals surface area (Å²) in [5.41, 5.74) is 9.89. The average molecular weight is 297 g/mol. The quantitative estimate of drug-likeness (QED) is 0.573. The van der Waals surface area contributed by atoms with Crippen molar-refractivity contribution in [1.82, 2.24) is 9.55 Å². The van der Waals surface area contributed by atoms with Crippen LogP contribution in [0.2, 0.25) is 0 Å². The Morgan fingerprint density at radius 3 is 2.62 bits per heavy atom. The van der Waals surface area contributed by atoms with E-state index in [1.807, 2.05) is 12.1 Å². The molecule has 3 aromatic rings. The van der Waals surface area contributed by atoms with E-state index in [2.05, 4.69) is 55.0 Å². The summed E-state index contributed by atoms with van der Waals surface area (Å²) in [6.07, 6.45) is 2.10. The fourth-order valence-corrected chi connectivity index (χ4v) is 3.15. The lowest BCUT2D eigenvalue weighted by Crippen LogP contribution is -2.04. The fraction of sp³-hybridized carbons (Fsp3) is 0.235. The van der Waals surface area contributed by atoms with Crippen LogP contribution in [0.5, 0.6) is 0 Å². The first-order valence-corrected chi connectivity index (χ1v) is 8.25. The number of hydrogen-bond acceptors (Lipinski definition) is 3. The minimum Gasteiger partial charge on any atom is -0.399 e. The zero-order valence-electron chi connectivity index (χ0n) is 12.5. The van der Waals surface area contributed by atoms with Crippen LogP contribution in [0.1, 0.15) is 25.6 Å². The van der Waals surface area contributed by atoms with Crippen molar-refractivity contribution in [2.75, 3.05) is 12.0 Å². The molecule has 0 spiro atoms. The van der Waals surface area contributed by atoms with Gasteiger partial charge < -0.3 is 5.73 Å². The van der Waals surface area contributed by atoms with Gasteiger partial charge in [0, 0.05) is 16.5 Å². The van der Waals surface area contributed by atoms with Gasteiger partial charge in [-0.05, 0) is 36.6 Å². The Bertz CT molecular complexity index is 790. The Hall–Kier alpha value is -1.94. The topological polar surface area (TPSA) is 43.8 Å². The number of anilines is 1. The van der Waals surface area contributed by atoms with Crippen LogP contribution in [0.25, 0.3) is 16.7 Å². The first-order valence-electron chi connectivity index (χ1n) is 7.03. The van der Waals surface area contributed by atoms with Crippen molar-refractivity contribution in [2.45, 2.75) is 24.7 Å². The van der Waals surface area contributed by atoms with Crippen molar-refractivity contribution in [1.29, 1.82) is 0 Å². The summed E-state index contributed by atoms with van der Waals surface area (Å²) in [5, 5.41) is 0. The number of nitrogens with zero attached hydrogens (tertiary/aromatic N) is 2. The molecule has 0 unspecified atom stereocenters. The van der Waals surface area contributed by atoms with Crippen molar-refractivity contribution in [3.8, 4) is 5.69 Å². The van der Waals surface area contributed by atoms with Gasteiger partial charge in [0.25, 0.3) is 0 Å². The summed E-state index contributed by atoms with van der Waals surface area (Å²) in [6.45, 7) is 4.34. The normalized spacial score (nSPS) is 11.4. The van der Waals surface area contributed by atoms with Crippen molar-refractivity contribution in [3.63, 3.8) is 0 Å². The third-order valence-corrected chi connectivity index (χ3v) is 4.33. The molecule has 4 heteroatoms. The number of benzene rings is 2. The van der Waals surface area contributed by atoms with E-state index >= 15 is 0 Å². The van der Waals surface area contributed by atoms with E-state index < -0.39 is 0 Å². The summed E-state index contributed by atoms with van der Waals surface area (Å²) in [7, 11) is 0. The predicted octanol–water partition coefficient (Wildman–Crippen LogP) is 4.45. The number of rotatable bonds is 3. The molecule has 21 heavy (non-hydrogen) atoms. The lowest BCUT2D eigenvalue weighted by Gasteiger charge is -2.14. The molecule has 0 aliphatic carbocycles. The molecule has 0 aliphatic heterocycles. The van der Waals surface area contributed by atoms with Gasteiger partial charge in [0.1, 0.15) is 5.82 Å². The number of hydrogen-bond donors (Lipinski definition) is 1. The number of nitrogens with two attached hydrogens (primary N) is 1. The molecule has 0 saturated carbocycles. The first kappa shape index (κ1) is 14.0. The second kappa shape index (κ2) is 5.45. The molecule has 0 bridgehead atoms. The molecule has 2 aromatic carbocycles. The van der Waals surface area contributed by atoms with Crippen LogP contribution in [0.15, 0.2) is 47.4 Å². The SMILES string of the molecule is CSc1ccccc1-n1c(C(C)C)nc2cc(N)ccc21. The van der Waals surface area contributed by atoms with Gasteiger partial charge >= 0.3 is 0 Å². The maximum Gasteiger partial charge on any atom is 0.117 e. The number of nitrogen functional groups attached to an aromatic ring is 1. The van der Waals surface area contributed by atoms with Gasteiger partial charge in [-0.1, -0.05) is 26.0 Å². The van der Waals surface area contributed by atoms with Crippen molar-refractivity contribution in [3.05, 3.63) is 48.3 Å². The molecule has 1 heterocycles. The second-order valence-corrected chi connectivity index (χ2v) is 6.23. The summed E-state index contributed by atoms with van der Waals surface area (Å²) in [5.74, 6) is 1.41. The van der Waals surface area contributed by atoms with Gasteiger partial charge in [-0.3, -0.25) is 4.57 Å². The molecule has 3 nitrogen and oxygen atoms in total. The fourth-order valence-electron chi connectivity index (χ4n) is 2.57. The van der Waals surface area contributed by atoms with Crippen molar-refractivity contribution in [2.24, 2.45) is 0 Å². The minimum atomic E-state index is 0.341. The molecular weight excluding hydrogens is 278 g/mol. The molecule has 0 fully saturated rings. The number of para-hydroxylation sites is 1. The van der Waals surface area contributed by atoms with Crippen LogP contribution >= 0.6 is 11.8 Å². The van der Waals surface area contributed by atoms with Crippen molar-refractivity contribution >= 4 is 28.5 Å². The van der Waals surface area contributed by atoms with Gasteiger partial charge in [0.05, 0.1) is 16.7 Å². The Kier molecular flexibility index (Phi) is 3.64. The molecule has 108 valence electrons. The van der Waals surface area contributed by atoms with E-state index in [0.717, 1.165) is 22.5 Å². The van der Waals surface area contributed by atoms with Gasteiger partial charge in [-0.25, -0.2) is 4.98 Å². The van der Waals surface area contributed by atoms with E-state index in [-0.39, 0.29) is 0 Å². The average Bonchev–Trinajstić information content (AvgIpc) is 2.85. The number of aromatic nitrogens is 2. The highest BCUT2D eigenvalue weighted by molar-refractivity contribution is 7.98. The molecular formula is C17H19N3S. The van der Waals surface area contributed by atoms with E-state index in [1.165, 1.54) is 10.6 Å². The molecule has 3 rings (SSSR count). The third-order valence-electron chi connectivity index (χ3n) is 3.55. The van der Waals surface area contributed by atoms with Crippen LogP contribution in [-0.4, -0.2) is 15.8 Å². The molecule has 0 saturated heterocycles. The molecule has 0 radical (unpaired) electrons. The minimum absolute atomic E-state index is 0.341. The van der Waals surface area contributed by atoms with Crippen LogP contribution in [0.4, 0.5) is 5.69 Å². The highest BCUT2D eigenvalue weighted by Crippen LogP contribution is 2.31. The number of imidazole rings is 1. The van der Waals surface area contributed by atoms with Crippen LogP contribution in [0.3, 0.4) is 0 Å². The Labute approximate surface area is 129 Å². The maximum absolute atomic E-state index is 5.90. The van der Waals surface area contributed by atoms with E-state index in [1.54, 1.807) is 11.8 Å². The Morgan fingerprint density at radius 2 is 1.90 bits per heavy atom. The van der Waals surface area contributed by atoms with Gasteiger partial charge in [0.2, 0.25) is 0 Å². The standard InChI is InChI=1S/C17H19N3S/c1-11(2)17-19-13-10-12(18)8-9-14(13)20(17)15-6-4-5-7-16(15)21-3/h4-11H,18H2,1-3H3. The lowest BCUT2D eigenvalue weighted by atomic mass is 10.2. The summed E-state index contributed by atoms with van der Waals surface area (Å²) >= 11 is 1.75. The molecule has 1 aromatic heterocycles. The largest absolute Gasteiger partial charge is 0.399 e. The summed E-state index contributed by atoms with van der Waals surface area (Å²) in [6, 6.07) is 14.4. The Balaban J connectivity index is 2.37. The monoisotopic (exact) mass is 297 g/mol. The zero-order valence-corrected chi connectivity index (χ0v) is 13.3. The third kappa shape index (κ3) is 2.40. The molecule has 0 amide bonds. The summed E-state index contributed by atoms with van der Waals surface area (Å²) in [4.78, 5) is 6.04. The highest BCUT2D eigenvalue weighted by Gasteiger charge is 2.17. The first-order chi connectivity index (χ1) is 10.1. The summed E-state index contributed by atoms with van der Waals surface area (Å²) < 4.78 is 2.26. The molecule has 0 aliphatic rings. The number of fused-ring (bicyclic) bond motifs is 1. The van der Waals surface area contributed by atoms with E-state index in [0.29, 0.717) is 5.92 Å².